The molecule has 0 amide bonds. The van der Waals surface area contributed by atoms with E-state index in [4.69, 9.17) is 16.3 Å². The maximum absolute atomic E-state index is 13.6. The van der Waals surface area contributed by atoms with Gasteiger partial charge in [0.15, 0.2) is 0 Å². The number of rotatable bonds is 10. The Balaban J connectivity index is 0.00000228. The van der Waals surface area contributed by atoms with Crippen molar-refractivity contribution >= 4 is 52.1 Å². The molecule has 0 bridgehead atoms. The topological polar surface area (TPSA) is 61.9 Å². The van der Waals surface area contributed by atoms with Gasteiger partial charge in [-0.2, -0.15) is 0 Å². The van der Waals surface area contributed by atoms with Crippen LogP contribution in [0.25, 0.3) is 0 Å². The highest BCUT2D eigenvalue weighted by Crippen LogP contribution is 2.29. The second-order valence-electron chi connectivity index (χ2n) is 8.20. The fraction of sp³-hybridized carbons (Fsp3) is 0.308. The molecule has 0 aliphatic carbocycles. The van der Waals surface area contributed by atoms with Crippen molar-refractivity contribution < 1.29 is 13.2 Å². The smallest absolute Gasteiger partial charge is 0.264 e. The monoisotopic (exact) mass is 571 g/mol. The molecule has 36 heavy (non-hydrogen) atoms. The van der Waals surface area contributed by atoms with Crippen LogP contribution in [0, 0.1) is 0 Å². The number of ether oxygens (including phenoxy) is 1. The van der Waals surface area contributed by atoms with Gasteiger partial charge in [0.05, 0.1) is 23.7 Å². The molecule has 3 aromatic carbocycles. The lowest BCUT2D eigenvalue weighted by Crippen LogP contribution is -2.44. The SMILES string of the molecule is Cl.Cl.O=S(=O)(c1ccc(Cl)cc1)N(Cc1ccccc1OCCCN1CCNCC1)c1ccccc1. The largest absolute Gasteiger partial charge is 0.493 e. The number of sulfonamides is 1. The summed E-state index contributed by atoms with van der Waals surface area (Å²) >= 11 is 5.99. The lowest BCUT2D eigenvalue weighted by atomic mass is 10.2. The molecule has 196 valence electrons. The Morgan fingerprint density at radius 3 is 2.22 bits per heavy atom. The summed E-state index contributed by atoms with van der Waals surface area (Å²) in [7, 11) is -3.82. The maximum Gasteiger partial charge on any atom is 0.264 e. The van der Waals surface area contributed by atoms with E-state index in [0.29, 0.717) is 23.1 Å². The molecule has 6 nitrogen and oxygen atoms in total. The van der Waals surface area contributed by atoms with Crippen LogP contribution in [0.2, 0.25) is 5.02 Å². The second-order valence-corrected chi connectivity index (χ2v) is 10.5. The average Bonchev–Trinajstić information content (AvgIpc) is 2.87. The van der Waals surface area contributed by atoms with Gasteiger partial charge in [-0.25, -0.2) is 8.42 Å². The van der Waals surface area contributed by atoms with E-state index in [0.717, 1.165) is 44.7 Å². The molecule has 1 saturated heterocycles. The van der Waals surface area contributed by atoms with Crippen LogP contribution in [-0.2, 0) is 16.6 Å². The first-order valence-corrected chi connectivity index (χ1v) is 13.3. The summed E-state index contributed by atoms with van der Waals surface area (Å²) in [5, 5.41) is 3.85. The highest BCUT2D eigenvalue weighted by atomic mass is 35.5. The summed E-state index contributed by atoms with van der Waals surface area (Å²) in [4.78, 5) is 2.62. The number of anilines is 1. The second kappa shape index (κ2) is 14.7. The molecule has 1 N–H and O–H groups in total. The summed E-state index contributed by atoms with van der Waals surface area (Å²) < 4.78 is 34.8. The third kappa shape index (κ3) is 8.00. The number of nitrogens with one attached hydrogen (secondary N) is 1. The minimum absolute atomic E-state index is 0. The van der Waals surface area contributed by atoms with E-state index in [2.05, 4.69) is 10.2 Å². The van der Waals surface area contributed by atoms with Crippen molar-refractivity contribution in [2.75, 3.05) is 43.6 Å². The van der Waals surface area contributed by atoms with Gasteiger partial charge >= 0.3 is 0 Å². The van der Waals surface area contributed by atoms with Crippen LogP contribution in [0.4, 0.5) is 5.69 Å². The Morgan fingerprint density at radius 1 is 0.889 bits per heavy atom. The fourth-order valence-corrected chi connectivity index (χ4v) is 5.55. The van der Waals surface area contributed by atoms with Crippen LogP contribution in [0.3, 0.4) is 0 Å². The molecule has 0 atom stereocenters. The Hall–Kier alpha value is -2.00. The van der Waals surface area contributed by atoms with Gasteiger partial charge in [0, 0.05) is 43.3 Å². The number of piperazine rings is 1. The van der Waals surface area contributed by atoms with Crippen LogP contribution >= 0.6 is 36.4 Å². The van der Waals surface area contributed by atoms with Crippen molar-refractivity contribution in [2.24, 2.45) is 0 Å². The van der Waals surface area contributed by atoms with Crippen molar-refractivity contribution in [3.8, 4) is 5.75 Å². The van der Waals surface area contributed by atoms with E-state index in [1.807, 2.05) is 42.5 Å². The van der Waals surface area contributed by atoms with Crippen LogP contribution < -0.4 is 14.4 Å². The highest BCUT2D eigenvalue weighted by Gasteiger charge is 2.26. The van der Waals surface area contributed by atoms with Crippen LogP contribution in [0.1, 0.15) is 12.0 Å². The molecule has 0 aromatic heterocycles. The quantitative estimate of drug-likeness (QED) is 0.336. The molecule has 0 unspecified atom stereocenters. The molecule has 1 aliphatic rings. The molecular formula is C26H32Cl3N3O3S. The van der Waals surface area contributed by atoms with E-state index in [1.165, 1.54) is 16.4 Å². The number of para-hydroxylation sites is 2. The minimum atomic E-state index is -3.82. The Morgan fingerprint density at radius 2 is 1.53 bits per heavy atom. The summed E-state index contributed by atoms with van der Waals surface area (Å²) in [6.45, 7) is 5.91. The minimum Gasteiger partial charge on any atom is -0.493 e. The van der Waals surface area contributed by atoms with Crippen molar-refractivity contribution in [1.82, 2.24) is 10.2 Å². The predicted molar refractivity (Wildman–Crippen MR) is 152 cm³/mol. The van der Waals surface area contributed by atoms with Crippen molar-refractivity contribution in [1.29, 1.82) is 0 Å². The molecule has 0 spiro atoms. The first kappa shape index (κ1) is 30.2. The van der Waals surface area contributed by atoms with Gasteiger partial charge in [0.2, 0.25) is 0 Å². The predicted octanol–water partition coefficient (Wildman–Crippen LogP) is 5.25. The number of nitrogens with zero attached hydrogens (tertiary/aromatic N) is 2. The van der Waals surface area contributed by atoms with Gasteiger partial charge in [-0.1, -0.05) is 48.0 Å². The molecular weight excluding hydrogens is 541 g/mol. The molecule has 1 aliphatic heterocycles. The zero-order valence-corrected chi connectivity index (χ0v) is 23.1. The van der Waals surface area contributed by atoms with E-state index in [9.17, 15) is 8.42 Å². The van der Waals surface area contributed by atoms with E-state index < -0.39 is 10.0 Å². The van der Waals surface area contributed by atoms with Crippen LogP contribution in [0.15, 0.2) is 83.8 Å². The molecule has 3 aromatic rings. The van der Waals surface area contributed by atoms with Crippen LogP contribution in [0.5, 0.6) is 5.75 Å². The lowest BCUT2D eigenvalue weighted by Gasteiger charge is -2.27. The molecule has 1 fully saturated rings. The number of hydrogen-bond acceptors (Lipinski definition) is 5. The third-order valence-electron chi connectivity index (χ3n) is 5.82. The normalized spacial score (nSPS) is 13.8. The average molecular weight is 573 g/mol. The Bertz CT molecular complexity index is 1160. The van der Waals surface area contributed by atoms with Gasteiger partial charge in [-0.3, -0.25) is 4.31 Å². The van der Waals surface area contributed by atoms with Gasteiger partial charge in [-0.15, -0.1) is 24.8 Å². The summed E-state index contributed by atoms with van der Waals surface area (Å²) in [5.74, 6) is 0.704. The maximum atomic E-state index is 13.6. The van der Waals surface area contributed by atoms with E-state index in [1.54, 1.807) is 24.3 Å². The van der Waals surface area contributed by atoms with Crippen LogP contribution in [-0.4, -0.2) is 52.6 Å². The van der Waals surface area contributed by atoms with Gasteiger partial charge < -0.3 is 15.0 Å². The van der Waals surface area contributed by atoms with Gasteiger partial charge in [0.25, 0.3) is 10.0 Å². The third-order valence-corrected chi connectivity index (χ3v) is 7.86. The van der Waals surface area contributed by atoms with E-state index in [-0.39, 0.29) is 36.3 Å². The summed E-state index contributed by atoms with van der Waals surface area (Å²) in [5.41, 5.74) is 1.40. The standard InChI is InChI=1S/C26H30ClN3O3S.2ClH/c27-23-11-13-25(14-12-23)34(31,32)30(24-8-2-1-3-9-24)21-22-7-4-5-10-26(22)33-20-6-17-29-18-15-28-16-19-29;;/h1-5,7-14,28H,6,15-21H2;2*1H. The number of hydrogen-bond donors (Lipinski definition) is 1. The van der Waals surface area contributed by atoms with Crippen molar-refractivity contribution in [3.63, 3.8) is 0 Å². The summed E-state index contributed by atoms with van der Waals surface area (Å²) in [6.07, 6.45) is 0.916. The molecule has 0 radical (unpaired) electrons. The van der Waals surface area contributed by atoms with Crippen molar-refractivity contribution in [3.05, 3.63) is 89.4 Å². The van der Waals surface area contributed by atoms with Gasteiger partial charge in [0.1, 0.15) is 5.75 Å². The summed E-state index contributed by atoms with van der Waals surface area (Å²) in [6, 6.07) is 23.0. The molecule has 4 rings (SSSR count). The highest BCUT2D eigenvalue weighted by molar-refractivity contribution is 7.92. The Kier molecular flexibility index (Phi) is 12.3. The number of benzene rings is 3. The fourth-order valence-electron chi connectivity index (χ4n) is 3.98. The van der Waals surface area contributed by atoms with Crippen molar-refractivity contribution in [2.45, 2.75) is 17.9 Å². The first-order valence-electron chi connectivity index (χ1n) is 11.5. The van der Waals surface area contributed by atoms with Gasteiger partial charge in [-0.05, 0) is 48.9 Å². The zero-order chi connectivity index (χ0) is 23.8. The molecule has 1 heterocycles. The lowest BCUT2D eigenvalue weighted by molar-refractivity contribution is 0.213. The molecule has 10 heteroatoms. The van der Waals surface area contributed by atoms with E-state index >= 15 is 0 Å². The Labute approximate surface area is 231 Å². The first-order chi connectivity index (χ1) is 16.5. The molecule has 0 saturated carbocycles. The number of halogens is 3. The zero-order valence-electron chi connectivity index (χ0n) is 19.9.